The molecule has 110 valence electrons. The smallest absolute Gasteiger partial charge is 0.340 e. The van der Waals surface area contributed by atoms with E-state index >= 15 is 0 Å². The maximum Gasteiger partial charge on any atom is 0.340 e. The van der Waals surface area contributed by atoms with Gasteiger partial charge in [0.15, 0.2) is 0 Å². The zero-order valence-electron chi connectivity index (χ0n) is 12.6. The number of methoxy groups -OCH3 is 1. The van der Waals surface area contributed by atoms with Gasteiger partial charge >= 0.3 is 5.97 Å². The monoisotopic (exact) mass is 276 g/mol. The van der Waals surface area contributed by atoms with Crippen molar-refractivity contribution < 1.29 is 9.53 Å². The molecular formula is C16H24N2O2. The van der Waals surface area contributed by atoms with E-state index < -0.39 is 0 Å². The third kappa shape index (κ3) is 2.96. The first kappa shape index (κ1) is 14.9. The van der Waals surface area contributed by atoms with Crippen LogP contribution < -0.4 is 5.73 Å². The zero-order chi connectivity index (χ0) is 14.7. The summed E-state index contributed by atoms with van der Waals surface area (Å²) in [7, 11) is 1.39. The van der Waals surface area contributed by atoms with Crippen molar-refractivity contribution in [2.45, 2.75) is 51.7 Å². The van der Waals surface area contributed by atoms with Crippen molar-refractivity contribution in [3.8, 4) is 0 Å². The van der Waals surface area contributed by atoms with E-state index in [0.29, 0.717) is 23.3 Å². The van der Waals surface area contributed by atoms with Gasteiger partial charge in [0.05, 0.1) is 12.7 Å². The second-order valence-corrected chi connectivity index (χ2v) is 5.67. The quantitative estimate of drug-likeness (QED) is 0.681. The summed E-state index contributed by atoms with van der Waals surface area (Å²) in [6.07, 6.45) is 3.69. The highest BCUT2D eigenvalue weighted by Crippen LogP contribution is 2.27. The van der Waals surface area contributed by atoms with Crippen LogP contribution in [0.3, 0.4) is 0 Å². The Morgan fingerprint density at radius 1 is 1.35 bits per heavy atom. The highest BCUT2D eigenvalue weighted by molar-refractivity contribution is 5.96. The lowest BCUT2D eigenvalue weighted by Crippen LogP contribution is -2.43. The fourth-order valence-electron chi connectivity index (χ4n) is 3.09. The molecule has 4 heteroatoms. The van der Waals surface area contributed by atoms with Crippen LogP contribution in [0.1, 0.15) is 49.0 Å². The third-order valence-electron chi connectivity index (χ3n) is 4.30. The first-order valence-corrected chi connectivity index (χ1v) is 7.26. The van der Waals surface area contributed by atoms with Gasteiger partial charge in [0.2, 0.25) is 0 Å². The number of nitrogens with two attached hydrogens (primary N) is 1. The lowest BCUT2D eigenvalue weighted by molar-refractivity contribution is 0.0593. The van der Waals surface area contributed by atoms with Gasteiger partial charge in [0.1, 0.15) is 0 Å². The number of hydrogen-bond donors (Lipinski definition) is 1. The van der Waals surface area contributed by atoms with E-state index in [4.69, 9.17) is 10.5 Å². The molecule has 2 rings (SSSR count). The number of carbonyl (C=O) groups excluding carboxylic acids is 1. The van der Waals surface area contributed by atoms with Crippen molar-refractivity contribution in [1.82, 2.24) is 4.90 Å². The van der Waals surface area contributed by atoms with Crippen LogP contribution in [0.25, 0.3) is 0 Å². The Kier molecular flexibility index (Phi) is 4.65. The van der Waals surface area contributed by atoms with Crippen molar-refractivity contribution >= 4 is 11.7 Å². The zero-order valence-corrected chi connectivity index (χ0v) is 12.6. The van der Waals surface area contributed by atoms with E-state index in [1.54, 1.807) is 6.07 Å². The molecule has 1 aromatic carbocycles. The van der Waals surface area contributed by atoms with Crippen molar-refractivity contribution in [2.75, 3.05) is 12.8 Å². The van der Waals surface area contributed by atoms with Gasteiger partial charge < -0.3 is 10.5 Å². The molecule has 0 aliphatic carbocycles. The molecule has 1 fully saturated rings. The van der Waals surface area contributed by atoms with Crippen molar-refractivity contribution in [2.24, 2.45) is 0 Å². The van der Waals surface area contributed by atoms with Gasteiger partial charge in [-0.05, 0) is 38.3 Å². The minimum atomic E-state index is -0.351. The number of ether oxygens (including phenoxy) is 1. The number of rotatable bonds is 3. The molecule has 0 radical (unpaired) electrons. The Labute approximate surface area is 120 Å². The molecule has 0 bridgehead atoms. The maximum atomic E-state index is 11.9. The minimum Gasteiger partial charge on any atom is -0.465 e. The summed E-state index contributed by atoms with van der Waals surface area (Å²) in [6, 6.07) is 6.68. The van der Waals surface area contributed by atoms with E-state index in [0.717, 1.165) is 12.1 Å². The highest BCUT2D eigenvalue weighted by Gasteiger charge is 2.26. The number of nitrogens with zero attached hydrogens (tertiary/aromatic N) is 1. The van der Waals surface area contributed by atoms with Crippen LogP contribution in [-0.2, 0) is 11.3 Å². The van der Waals surface area contributed by atoms with Crippen molar-refractivity contribution in [3.63, 3.8) is 0 Å². The average Bonchev–Trinajstić information content (AvgIpc) is 2.42. The van der Waals surface area contributed by atoms with Gasteiger partial charge in [-0.15, -0.1) is 0 Å². The number of carbonyl (C=O) groups is 1. The van der Waals surface area contributed by atoms with Crippen LogP contribution >= 0.6 is 0 Å². The molecule has 2 N–H and O–H groups in total. The molecule has 1 aromatic rings. The lowest BCUT2D eigenvalue weighted by Gasteiger charge is -2.39. The van der Waals surface area contributed by atoms with Crippen molar-refractivity contribution in [3.05, 3.63) is 29.3 Å². The Morgan fingerprint density at radius 3 is 2.60 bits per heavy atom. The van der Waals surface area contributed by atoms with Gasteiger partial charge in [-0.25, -0.2) is 4.79 Å². The highest BCUT2D eigenvalue weighted by atomic mass is 16.5. The van der Waals surface area contributed by atoms with Gasteiger partial charge in [-0.3, -0.25) is 4.90 Å². The summed E-state index contributed by atoms with van der Waals surface area (Å²) in [4.78, 5) is 14.4. The number of likely N-dealkylation sites (tertiary alicyclic amines) is 1. The second kappa shape index (κ2) is 6.27. The van der Waals surface area contributed by atoms with Crippen LogP contribution in [0.2, 0.25) is 0 Å². The molecule has 0 unspecified atom stereocenters. The van der Waals surface area contributed by atoms with Crippen LogP contribution in [-0.4, -0.2) is 30.1 Å². The molecule has 1 aliphatic heterocycles. The Bertz CT molecular complexity index is 477. The first-order chi connectivity index (χ1) is 9.54. The van der Waals surface area contributed by atoms with Gasteiger partial charge in [-0.2, -0.15) is 0 Å². The fourth-order valence-corrected chi connectivity index (χ4v) is 3.09. The number of nitrogen functional groups attached to an aromatic ring is 1. The van der Waals surface area contributed by atoms with Gasteiger partial charge in [-0.1, -0.05) is 18.6 Å². The standard InChI is InChI=1S/C16H24N2O2/c1-11-6-4-7-12(2)18(11)10-13-8-5-9-14(17)15(13)16(19)20-3/h5,8-9,11-12H,4,6-7,10,17H2,1-3H3/t11-,12+. The summed E-state index contributed by atoms with van der Waals surface area (Å²) in [5, 5.41) is 0. The molecule has 1 saturated heterocycles. The molecule has 0 amide bonds. The van der Waals surface area contributed by atoms with Crippen LogP contribution in [0.5, 0.6) is 0 Å². The summed E-state index contributed by atoms with van der Waals surface area (Å²) in [5.41, 5.74) is 7.92. The molecule has 4 nitrogen and oxygen atoms in total. The number of benzene rings is 1. The predicted octanol–water partition coefficient (Wildman–Crippen LogP) is 2.82. The fraction of sp³-hybridized carbons (Fsp3) is 0.562. The average molecular weight is 276 g/mol. The maximum absolute atomic E-state index is 11.9. The molecule has 1 aliphatic rings. The number of piperidine rings is 1. The largest absolute Gasteiger partial charge is 0.465 e. The third-order valence-corrected chi connectivity index (χ3v) is 4.30. The Morgan fingerprint density at radius 2 is 2.00 bits per heavy atom. The first-order valence-electron chi connectivity index (χ1n) is 7.26. The summed E-state index contributed by atoms with van der Waals surface area (Å²) in [5.74, 6) is -0.351. The molecule has 20 heavy (non-hydrogen) atoms. The van der Waals surface area contributed by atoms with Gasteiger partial charge in [0.25, 0.3) is 0 Å². The molecule has 0 saturated carbocycles. The topological polar surface area (TPSA) is 55.6 Å². The number of hydrogen-bond acceptors (Lipinski definition) is 4. The van der Waals surface area contributed by atoms with Crippen LogP contribution in [0, 0.1) is 0 Å². The second-order valence-electron chi connectivity index (χ2n) is 5.67. The molecule has 0 spiro atoms. The number of anilines is 1. The van der Waals surface area contributed by atoms with Crippen LogP contribution in [0.15, 0.2) is 18.2 Å². The predicted molar refractivity (Wildman–Crippen MR) is 80.5 cm³/mol. The molecule has 2 atom stereocenters. The van der Waals surface area contributed by atoms with E-state index in [2.05, 4.69) is 18.7 Å². The molecule has 0 aromatic heterocycles. The summed E-state index contributed by atoms with van der Waals surface area (Å²) >= 11 is 0. The molecule has 1 heterocycles. The van der Waals surface area contributed by atoms with Gasteiger partial charge in [0, 0.05) is 24.3 Å². The normalized spacial score (nSPS) is 23.6. The van der Waals surface area contributed by atoms with Crippen molar-refractivity contribution in [1.29, 1.82) is 0 Å². The Hall–Kier alpha value is -1.55. The Balaban J connectivity index is 2.28. The lowest BCUT2D eigenvalue weighted by atomic mass is 9.95. The van der Waals surface area contributed by atoms with E-state index in [-0.39, 0.29) is 5.97 Å². The van der Waals surface area contributed by atoms with E-state index in [9.17, 15) is 4.79 Å². The van der Waals surface area contributed by atoms with Crippen LogP contribution in [0.4, 0.5) is 5.69 Å². The summed E-state index contributed by atoms with van der Waals surface area (Å²) < 4.78 is 4.86. The molecular weight excluding hydrogens is 252 g/mol. The van der Waals surface area contributed by atoms with E-state index in [1.807, 2.05) is 12.1 Å². The number of esters is 1. The van der Waals surface area contributed by atoms with E-state index in [1.165, 1.54) is 26.4 Å². The SMILES string of the molecule is COC(=O)c1c(N)cccc1CN1[C@H](C)CCC[C@@H]1C. The summed E-state index contributed by atoms with van der Waals surface area (Å²) in [6.45, 7) is 5.25. The minimum absolute atomic E-state index is 0.351.